The van der Waals surface area contributed by atoms with Crippen LogP contribution in [0, 0.1) is 9.39 Å². The highest BCUT2D eigenvalue weighted by Crippen LogP contribution is 2.15. The van der Waals surface area contributed by atoms with Crippen LogP contribution >= 0.6 is 22.6 Å². The Labute approximate surface area is 124 Å². The molecular weight excluding hydrogens is 358 g/mol. The normalized spacial score (nSPS) is 10.6. The van der Waals surface area contributed by atoms with E-state index in [2.05, 4.69) is 22.6 Å². The first-order valence-electron chi connectivity index (χ1n) is 5.54. The standard InChI is InChI=1S/C15H10FIO2/c16-12-4-1-3-11(9-12)7-8-15(18)19-14-6-2-5-13(17)10-14/h1-10H/b8-7+. The summed E-state index contributed by atoms with van der Waals surface area (Å²) in [6.07, 6.45) is 2.79. The molecule has 0 heterocycles. The lowest BCUT2D eigenvalue weighted by Gasteiger charge is -2.01. The van der Waals surface area contributed by atoms with Crippen molar-refractivity contribution in [2.75, 3.05) is 0 Å². The fourth-order valence-electron chi connectivity index (χ4n) is 1.46. The Morgan fingerprint density at radius 3 is 2.68 bits per heavy atom. The predicted octanol–water partition coefficient (Wildman–Crippen LogP) is 4.05. The topological polar surface area (TPSA) is 26.3 Å². The van der Waals surface area contributed by atoms with Gasteiger partial charge in [0.25, 0.3) is 0 Å². The average Bonchev–Trinajstić information content (AvgIpc) is 2.36. The molecule has 0 saturated carbocycles. The maximum absolute atomic E-state index is 12.9. The van der Waals surface area contributed by atoms with Crippen molar-refractivity contribution >= 4 is 34.6 Å². The number of carbonyl (C=O) groups is 1. The molecule has 2 aromatic rings. The molecule has 0 N–H and O–H groups in total. The molecule has 2 aromatic carbocycles. The van der Waals surface area contributed by atoms with Crippen LogP contribution in [-0.4, -0.2) is 5.97 Å². The van der Waals surface area contributed by atoms with Crippen LogP contribution < -0.4 is 4.74 Å². The Morgan fingerprint density at radius 2 is 1.95 bits per heavy atom. The van der Waals surface area contributed by atoms with Crippen LogP contribution in [-0.2, 0) is 4.79 Å². The summed E-state index contributed by atoms with van der Waals surface area (Å²) in [5, 5.41) is 0. The number of benzene rings is 2. The average molecular weight is 368 g/mol. The molecule has 0 saturated heterocycles. The zero-order valence-electron chi connectivity index (χ0n) is 9.85. The molecular formula is C15H10FIO2. The monoisotopic (exact) mass is 368 g/mol. The maximum Gasteiger partial charge on any atom is 0.336 e. The number of hydrogen-bond donors (Lipinski definition) is 0. The van der Waals surface area contributed by atoms with Crippen molar-refractivity contribution in [3.05, 3.63) is 69.6 Å². The van der Waals surface area contributed by atoms with Gasteiger partial charge in [0, 0.05) is 9.65 Å². The molecule has 0 fully saturated rings. The van der Waals surface area contributed by atoms with E-state index < -0.39 is 5.97 Å². The summed E-state index contributed by atoms with van der Waals surface area (Å²) in [7, 11) is 0. The number of esters is 1. The number of ether oxygens (including phenoxy) is 1. The third kappa shape index (κ3) is 4.48. The van der Waals surface area contributed by atoms with Crippen molar-refractivity contribution < 1.29 is 13.9 Å². The molecule has 96 valence electrons. The van der Waals surface area contributed by atoms with E-state index in [0.29, 0.717) is 11.3 Å². The van der Waals surface area contributed by atoms with Gasteiger partial charge in [-0.1, -0.05) is 18.2 Å². The Morgan fingerprint density at radius 1 is 1.16 bits per heavy atom. The molecule has 19 heavy (non-hydrogen) atoms. The molecule has 4 heteroatoms. The summed E-state index contributed by atoms with van der Waals surface area (Å²) < 4.78 is 19.0. The quantitative estimate of drug-likeness (QED) is 0.354. The molecule has 2 nitrogen and oxygen atoms in total. The smallest absolute Gasteiger partial charge is 0.336 e. The van der Waals surface area contributed by atoms with E-state index in [1.165, 1.54) is 24.3 Å². The minimum Gasteiger partial charge on any atom is -0.423 e. The Bertz CT molecular complexity index is 623. The molecule has 0 atom stereocenters. The third-order valence-electron chi connectivity index (χ3n) is 2.28. The minimum absolute atomic E-state index is 0.340. The molecule has 0 aliphatic heterocycles. The first kappa shape index (κ1) is 13.7. The lowest BCUT2D eigenvalue weighted by Crippen LogP contribution is -2.03. The van der Waals surface area contributed by atoms with Gasteiger partial charge in [-0.05, 0) is 64.6 Å². The maximum atomic E-state index is 12.9. The first-order chi connectivity index (χ1) is 9.13. The third-order valence-corrected chi connectivity index (χ3v) is 2.95. The number of halogens is 2. The SMILES string of the molecule is O=C(/C=C/c1cccc(F)c1)Oc1cccc(I)c1. The zero-order chi connectivity index (χ0) is 13.7. The summed E-state index contributed by atoms with van der Waals surface area (Å²) in [4.78, 5) is 11.6. The van der Waals surface area contributed by atoms with Crippen LogP contribution in [0.25, 0.3) is 6.08 Å². The molecule has 0 bridgehead atoms. The number of hydrogen-bond acceptors (Lipinski definition) is 2. The van der Waals surface area contributed by atoms with Gasteiger partial charge in [-0.15, -0.1) is 0 Å². The summed E-state index contributed by atoms with van der Waals surface area (Å²) in [5.74, 6) is -0.347. The second-order valence-corrected chi connectivity index (χ2v) is 5.01. The zero-order valence-corrected chi connectivity index (χ0v) is 12.0. The highest BCUT2D eigenvalue weighted by atomic mass is 127. The van der Waals surface area contributed by atoms with Crippen molar-refractivity contribution in [3.8, 4) is 5.75 Å². The summed E-state index contributed by atoms with van der Waals surface area (Å²) in [6, 6.07) is 13.2. The fraction of sp³-hybridized carbons (Fsp3) is 0. The fourth-order valence-corrected chi connectivity index (χ4v) is 1.97. The molecule has 2 rings (SSSR count). The van der Waals surface area contributed by atoms with Crippen LogP contribution in [0.2, 0.25) is 0 Å². The van der Waals surface area contributed by atoms with E-state index in [1.807, 2.05) is 6.07 Å². The van der Waals surface area contributed by atoms with Gasteiger partial charge in [0.2, 0.25) is 0 Å². The molecule has 0 amide bonds. The van der Waals surface area contributed by atoms with Gasteiger partial charge < -0.3 is 4.74 Å². The lowest BCUT2D eigenvalue weighted by atomic mass is 10.2. The largest absolute Gasteiger partial charge is 0.423 e. The van der Waals surface area contributed by atoms with Gasteiger partial charge in [-0.25, -0.2) is 9.18 Å². The van der Waals surface area contributed by atoms with Crippen LogP contribution in [0.1, 0.15) is 5.56 Å². The van der Waals surface area contributed by atoms with Crippen molar-refractivity contribution in [2.45, 2.75) is 0 Å². The lowest BCUT2D eigenvalue weighted by molar-refractivity contribution is -0.128. The first-order valence-corrected chi connectivity index (χ1v) is 6.62. The molecule has 0 aromatic heterocycles. The second-order valence-electron chi connectivity index (χ2n) is 3.77. The summed E-state index contributed by atoms with van der Waals surface area (Å²) >= 11 is 2.14. The van der Waals surface area contributed by atoms with Crippen LogP contribution in [0.15, 0.2) is 54.6 Å². The van der Waals surface area contributed by atoms with E-state index >= 15 is 0 Å². The predicted molar refractivity (Wildman–Crippen MR) is 80.2 cm³/mol. The Balaban J connectivity index is 2.01. The van der Waals surface area contributed by atoms with Gasteiger partial charge in [-0.2, -0.15) is 0 Å². The van der Waals surface area contributed by atoms with Gasteiger partial charge in [-0.3, -0.25) is 0 Å². The molecule has 0 aliphatic carbocycles. The van der Waals surface area contributed by atoms with Crippen molar-refractivity contribution in [1.82, 2.24) is 0 Å². The van der Waals surface area contributed by atoms with E-state index in [4.69, 9.17) is 4.74 Å². The van der Waals surface area contributed by atoms with Gasteiger partial charge >= 0.3 is 5.97 Å². The molecule has 0 aliphatic rings. The van der Waals surface area contributed by atoms with E-state index in [-0.39, 0.29) is 5.82 Å². The van der Waals surface area contributed by atoms with E-state index in [9.17, 15) is 9.18 Å². The van der Waals surface area contributed by atoms with Gasteiger partial charge in [0.1, 0.15) is 11.6 Å². The van der Waals surface area contributed by atoms with E-state index in [0.717, 1.165) is 3.57 Å². The highest BCUT2D eigenvalue weighted by molar-refractivity contribution is 14.1. The van der Waals surface area contributed by atoms with Crippen molar-refractivity contribution in [2.24, 2.45) is 0 Å². The van der Waals surface area contributed by atoms with Crippen molar-refractivity contribution in [3.63, 3.8) is 0 Å². The number of rotatable bonds is 3. The number of carbonyl (C=O) groups excluding carboxylic acids is 1. The minimum atomic E-state index is -0.494. The second kappa shape index (κ2) is 6.47. The van der Waals surface area contributed by atoms with Gasteiger partial charge in [0.05, 0.1) is 0 Å². The molecule has 0 unspecified atom stereocenters. The van der Waals surface area contributed by atoms with Crippen LogP contribution in [0.5, 0.6) is 5.75 Å². The Hall–Kier alpha value is -1.69. The van der Waals surface area contributed by atoms with Crippen LogP contribution in [0.4, 0.5) is 4.39 Å². The van der Waals surface area contributed by atoms with Crippen molar-refractivity contribution in [1.29, 1.82) is 0 Å². The summed E-state index contributed by atoms with van der Waals surface area (Å²) in [5.41, 5.74) is 0.611. The molecule has 0 radical (unpaired) electrons. The highest BCUT2D eigenvalue weighted by Gasteiger charge is 2.01. The van der Waals surface area contributed by atoms with Gasteiger partial charge in [0.15, 0.2) is 0 Å². The van der Waals surface area contributed by atoms with Crippen LogP contribution in [0.3, 0.4) is 0 Å². The summed E-state index contributed by atoms with van der Waals surface area (Å²) in [6.45, 7) is 0. The molecule has 0 spiro atoms. The Kier molecular flexibility index (Phi) is 4.68. The van der Waals surface area contributed by atoms with E-state index in [1.54, 1.807) is 30.3 Å².